The van der Waals surface area contributed by atoms with Crippen LogP contribution >= 0.6 is 0 Å². The molecule has 1 saturated heterocycles. The number of hydrogen-bond donors (Lipinski definition) is 4. The first kappa shape index (κ1) is 26.7. The molecule has 36 heavy (non-hydrogen) atoms. The summed E-state index contributed by atoms with van der Waals surface area (Å²) in [5, 5.41) is 18.3. The Morgan fingerprint density at radius 1 is 1.08 bits per heavy atom. The van der Waals surface area contributed by atoms with Crippen LogP contribution < -0.4 is 16.0 Å². The van der Waals surface area contributed by atoms with Crippen LogP contribution in [0.15, 0.2) is 54.6 Å². The van der Waals surface area contributed by atoms with E-state index in [4.69, 9.17) is 4.74 Å². The van der Waals surface area contributed by atoms with Gasteiger partial charge in [0.25, 0.3) is 0 Å². The van der Waals surface area contributed by atoms with E-state index in [2.05, 4.69) is 16.0 Å². The Balaban J connectivity index is 1.99. The van der Waals surface area contributed by atoms with Crippen molar-refractivity contribution >= 4 is 23.9 Å². The largest absolute Gasteiger partial charge is 0.478 e. The lowest BCUT2D eigenvalue weighted by atomic mass is 9.82. The van der Waals surface area contributed by atoms with Crippen molar-refractivity contribution in [3.63, 3.8) is 0 Å². The van der Waals surface area contributed by atoms with Gasteiger partial charge in [-0.15, -0.1) is 0 Å². The number of nitrogens with one attached hydrogen (secondary N) is 3. The van der Waals surface area contributed by atoms with E-state index >= 15 is 0 Å². The third-order valence-corrected chi connectivity index (χ3v) is 5.92. The molecule has 2 unspecified atom stereocenters. The molecule has 0 bridgehead atoms. The maximum atomic E-state index is 13.7. The Kier molecular flexibility index (Phi) is 8.68. The zero-order valence-corrected chi connectivity index (χ0v) is 20.7. The number of carboxylic acid groups (broad SMARTS) is 1. The van der Waals surface area contributed by atoms with Gasteiger partial charge in [0.05, 0.1) is 11.5 Å². The molecular formula is C27H33N3O6. The van der Waals surface area contributed by atoms with E-state index in [-0.39, 0.29) is 30.0 Å². The smallest absolute Gasteiger partial charge is 0.407 e. The van der Waals surface area contributed by atoms with Crippen LogP contribution in [-0.4, -0.2) is 47.2 Å². The maximum absolute atomic E-state index is 13.7. The van der Waals surface area contributed by atoms with Crippen molar-refractivity contribution in [1.82, 2.24) is 16.0 Å². The highest BCUT2D eigenvalue weighted by atomic mass is 16.6. The molecule has 1 fully saturated rings. The number of hydrogen-bond acceptors (Lipinski definition) is 5. The predicted molar refractivity (Wildman–Crippen MR) is 133 cm³/mol. The van der Waals surface area contributed by atoms with Gasteiger partial charge >= 0.3 is 12.1 Å². The van der Waals surface area contributed by atoms with Crippen LogP contribution in [0.2, 0.25) is 0 Å². The Bertz CT molecular complexity index is 1100. The van der Waals surface area contributed by atoms with E-state index in [0.717, 1.165) is 5.56 Å². The summed E-state index contributed by atoms with van der Waals surface area (Å²) in [6, 6.07) is 14.6. The van der Waals surface area contributed by atoms with Crippen molar-refractivity contribution in [2.75, 3.05) is 6.54 Å². The molecule has 192 valence electrons. The number of aromatic carboxylic acids is 1. The molecule has 1 heterocycles. The van der Waals surface area contributed by atoms with E-state index in [0.29, 0.717) is 13.0 Å². The summed E-state index contributed by atoms with van der Waals surface area (Å²) in [5.41, 5.74) is 0.269. The topological polar surface area (TPSA) is 134 Å². The van der Waals surface area contributed by atoms with Gasteiger partial charge in [0.15, 0.2) is 0 Å². The quantitative estimate of drug-likeness (QED) is 0.422. The molecule has 2 aromatic rings. The highest BCUT2D eigenvalue weighted by Gasteiger charge is 2.38. The molecule has 2 aromatic carbocycles. The molecule has 4 N–H and O–H groups in total. The average molecular weight is 496 g/mol. The summed E-state index contributed by atoms with van der Waals surface area (Å²) in [5.74, 6) is -3.35. The van der Waals surface area contributed by atoms with Crippen molar-refractivity contribution in [1.29, 1.82) is 0 Å². The number of amides is 3. The van der Waals surface area contributed by atoms with Gasteiger partial charge in [-0.05, 0) is 50.8 Å². The fraction of sp³-hybridized carbons (Fsp3) is 0.407. The van der Waals surface area contributed by atoms with Crippen molar-refractivity contribution in [2.24, 2.45) is 5.92 Å². The van der Waals surface area contributed by atoms with Gasteiger partial charge in [-0.2, -0.15) is 0 Å². The van der Waals surface area contributed by atoms with Crippen LogP contribution in [0, 0.1) is 5.92 Å². The van der Waals surface area contributed by atoms with Gasteiger partial charge in [-0.1, -0.05) is 48.5 Å². The monoisotopic (exact) mass is 495 g/mol. The second kappa shape index (κ2) is 11.7. The molecular weight excluding hydrogens is 462 g/mol. The molecule has 0 radical (unpaired) electrons. The molecule has 0 saturated carbocycles. The summed E-state index contributed by atoms with van der Waals surface area (Å²) in [6.07, 6.45) is -0.0632. The summed E-state index contributed by atoms with van der Waals surface area (Å²) >= 11 is 0. The van der Waals surface area contributed by atoms with Crippen LogP contribution in [0.1, 0.15) is 61.0 Å². The number of carboxylic acids is 1. The summed E-state index contributed by atoms with van der Waals surface area (Å²) in [7, 11) is 0. The van der Waals surface area contributed by atoms with Gasteiger partial charge in [-0.25, -0.2) is 9.59 Å². The van der Waals surface area contributed by atoms with E-state index in [1.807, 2.05) is 30.3 Å². The molecule has 1 aliphatic heterocycles. The first-order valence-electron chi connectivity index (χ1n) is 12.0. The number of alkyl carbamates (subject to hydrolysis) is 1. The first-order chi connectivity index (χ1) is 17.0. The molecule has 3 rings (SSSR count). The Hall–Kier alpha value is -3.88. The van der Waals surface area contributed by atoms with Crippen molar-refractivity contribution in [3.05, 3.63) is 71.3 Å². The minimum absolute atomic E-state index is 0.0516. The van der Waals surface area contributed by atoms with Gasteiger partial charge in [0, 0.05) is 25.0 Å². The van der Waals surface area contributed by atoms with Crippen LogP contribution in [0.3, 0.4) is 0 Å². The van der Waals surface area contributed by atoms with Gasteiger partial charge in [0.1, 0.15) is 5.60 Å². The lowest BCUT2D eigenvalue weighted by molar-refractivity contribution is -0.125. The number of ether oxygens (including phenoxy) is 1. The fourth-order valence-corrected chi connectivity index (χ4v) is 4.31. The highest BCUT2D eigenvalue weighted by molar-refractivity contribution is 5.94. The van der Waals surface area contributed by atoms with E-state index < -0.39 is 41.4 Å². The molecule has 1 aliphatic rings. The van der Waals surface area contributed by atoms with Crippen LogP contribution in [0.4, 0.5) is 4.79 Å². The van der Waals surface area contributed by atoms with E-state index in [1.54, 1.807) is 39.0 Å². The SMILES string of the molecule is CC(C)(C)OC(=O)NC(C[C@@H]1CCNC1=O)C(C(=O)NCc1ccccc1)c1ccccc1C(=O)O. The molecule has 9 heteroatoms. The first-order valence-corrected chi connectivity index (χ1v) is 12.0. The number of benzene rings is 2. The van der Waals surface area contributed by atoms with Crippen molar-refractivity contribution in [2.45, 2.75) is 57.7 Å². The summed E-state index contributed by atoms with van der Waals surface area (Å²) in [6.45, 7) is 5.87. The van der Waals surface area contributed by atoms with Crippen LogP contribution in [-0.2, 0) is 20.9 Å². The second-order valence-corrected chi connectivity index (χ2v) is 9.84. The Morgan fingerprint density at radius 2 is 1.75 bits per heavy atom. The maximum Gasteiger partial charge on any atom is 0.407 e. The van der Waals surface area contributed by atoms with Gasteiger partial charge < -0.3 is 25.8 Å². The van der Waals surface area contributed by atoms with Crippen molar-refractivity contribution < 1.29 is 29.0 Å². The van der Waals surface area contributed by atoms with Crippen LogP contribution in [0.5, 0.6) is 0 Å². The Labute approximate surface area is 210 Å². The minimum atomic E-state index is -1.19. The average Bonchev–Trinajstić information content (AvgIpc) is 3.21. The Morgan fingerprint density at radius 3 is 2.36 bits per heavy atom. The molecule has 3 atom stereocenters. The van der Waals surface area contributed by atoms with Crippen molar-refractivity contribution in [3.8, 4) is 0 Å². The number of rotatable bonds is 9. The summed E-state index contributed by atoms with van der Waals surface area (Å²) in [4.78, 5) is 50.9. The zero-order valence-electron chi connectivity index (χ0n) is 20.7. The lowest BCUT2D eigenvalue weighted by Gasteiger charge is -2.31. The molecule has 3 amide bonds. The lowest BCUT2D eigenvalue weighted by Crippen LogP contribution is -2.48. The normalized spacial score (nSPS) is 17.0. The number of carbonyl (C=O) groups excluding carboxylic acids is 3. The molecule has 9 nitrogen and oxygen atoms in total. The third-order valence-electron chi connectivity index (χ3n) is 5.92. The van der Waals surface area contributed by atoms with Gasteiger partial charge in [0.2, 0.25) is 11.8 Å². The van der Waals surface area contributed by atoms with Crippen LogP contribution in [0.25, 0.3) is 0 Å². The van der Waals surface area contributed by atoms with Gasteiger partial charge in [-0.3, -0.25) is 9.59 Å². The summed E-state index contributed by atoms with van der Waals surface area (Å²) < 4.78 is 5.43. The predicted octanol–water partition coefficient (Wildman–Crippen LogP) is 3.20. The minimum Gasteiger partial charge on any atom is -0.478 e. The van der Waals surface area contributed by atoms with E-state index in [1.165, 1.54) is 6.07 Å². The van der Waals surface area contributed by atoms with E-state index in [9.17, 15) is 24.3 Å². The zero-order chi connectivity index (χ0) is 26.3. The second-order valence-electron chi connectivity index (χ2n) is 9.84. The molecule has 0 spiro atoms. The fourth-order valence-electron chi connectivity index (χ4n) is 4.31. The molecule has 0 aromatic heterocycles. The standard InChI is InChI=1S/C27H33N3O6/c1-27(2,3)36-26(35)30-21(15-18-13-14-28-23(18)31)22(19-11-7-8-12-20(19)25(33)34)24(32)29-16-17-9-5-4-6-10-17/h4-12,18,21-22H,13-16H2,1-3H3,(H,28,31)(H,29,32)(H,30,35)(H,33,34)/t18-,21?,22?/m0/s1. The molecule has 0 aliphatic carbocycles. The number of carbonyl (C=O) groups is 4. The third kappa shape index (κ3) is 7.31. The highest BCUT2D eigenvalue weighted by Crippen LogP contribution is 2.30.